The maximum absolute atomic E-state index is 6.42. The Morgan fingerprint density at radius 1 is 0.472 bits per heavy atom. The molecule has 0 aromatic heterocycles. The van der Waals surface area contributed by atoms with E-state index in [1.165, 1.54) is 109 Å². The minimum absolute atomic E-state index is 0.567. The van der Waals surface area contributed by atoms with Gasteiger partial charge in [-0.2, -0.15) is 0 Å². The molecule has 6 heterocycles. The minimum atomic E-state index is 0.567. The molecule has 0 amide bonds. The van der Waals surface area contributed by atoms with Gasteiger partial charge in [0.2, 0.25) is 0 Å². The van der Waals surface area contributed by atoms with Crippen molar-refractivity contribution in [2.45, 2.75) is 158 Å². The fraction of sp³-hybridized carbons (Fsp3) is 1.00. The fourth-order valence-corrected chi connectivity index (χ4v) is 11.5. The number of rotatable bonds is 6. The molecule has 4 bridgehead atoms. The Balaban J connectivity index is 0.935. The van der Waals surface area contributed by atoms with Crippen molar-refractivity contribution in [1.82, 2.24) is 0 Å². The Labute approximate surface area is 217 Å². The minimum Gasteiger partial charge on any atom is -0.375 e. The van der Waals surface area contributed by atoms with E-state index < -0.39 is 0 Å². The third-order valence-electron chi connectivity index (χ3n) is 13.5. The quantitative estimate of drug-likeness (QED) is 0.397. The van der Waals surface area contributed by atoms with Crippen molar-refractivity contribution in [2.75, 3.05) is 0 Å². The number of hydrogen-bond donors (Lipinski definition) is 0. The van der Waals surface area contributed by atoms with Gasteiger partial charge >= 0.3 is 0 Å². The standard InChI is InChI=1S/C32H48O4/c1-2-8-32(9-3-1,22-12-20(30-28(14-22)35-30)10-18-4-6-24-16-26(18)33-24)23-13-21(31-29(15-23)36-31)11-19-5-7-25-17-27(19)34-25/h18-31H,1-17H2. The highest BCUT2D eigenvalue weighted by molar-refractivity contribution is 5.09. The summed E-state index contributed by atoms with van der Waals surface area (Å²) < 4.78 is 25.2. The summed E-state index contributed by atoms with van der Waals surface area (Å²) in [5, 5.41) is 0. The van der Waals surface area contributed by atoms with Crippen molar-refractivity contribution < 1.29 is 18.9 Å². The molecular weight excluding hydrogens is 448 g/mol. The van der Waals surface area contributed by atoms with Gasteiger partial charge in [-0.25, -0.2) is 0 Å². The maximum Gasteiger partial charge on any atom is 0.0870 e. The molecule has 4 heteroatoms. The monoisotopic (exact) mass is 496 g/mol. The molecule has 6 saturated heterocycles. The summed E-state index contributed by atoms with van der Waals surface area (Å²) in [5.74, 6) is 5.00. The van der Waals surface area contributed by atoms with E-state index in [1.54, 1.807) is 0 Å². The van der Waals surface area contributed by atoms with Gasteiger partial charge in [0, 0.05) is 12.8 Å². The zero-order valence-corrected chi connectivity index (χ0v) is 22.2. The van der Waals surface area contributed by atoms with Crippen LogP contribution in [0.15, 0.2) is 0 Å². The van der Waals surface area contributed by atoms with Crippen LogP contribution >= 0.6 is 0 Å². The highest BCUT2D eigenvalue weighted by Crippen LogP contribution is 2.63. The molecule has 0 N–H and O–H groups in total. The zero-order valence-electron chi connectivity index (χ0n) is 22.2. The molecule has 14 atom stereocenters. The smallest absolute Gasteiger partial charge is 0.0870 e. The van der Waals surface area contributed by atoms with Crippen LogP contribution in [0.3, 0.4) is 0 Å². The maximum atomic E-state index is 6.42. The van der Waals surface area contributed by atoms with Crippen molar-refractivity contribution in [3.8, 4) is 0 Å². The summed E-state index contributed by atoms with van der Waals surface area (Å²) in [4.78, 5) is 0. The molecule has 36 heavy (non-hydrogen) atoms. The predicted molar refractivity (Wildman–Crippen MR) is 137 cm³/mol. The molecule has 200 valence electrons. The van der Waals surface area contributed by atoms with Crippen LogP contribution in [0.4, 0.5) is 0 Å². The second kappa shape index (κ2) is 8.42. The average Bonchev–Trinajstić information content (AvgIpc) is 3.78. The van der Waals surface area contributed by atoms with Gasteiger partial charge in [0.15, 0.2) is 0 Å². The van der Waals surface area contributed by atoms with Gasteiger partial charge in [-0.1, -0.05) is 19.3 Å². The van der Waals surface area contributed by atoms with Gasteiger partial charge in [0.05, 0.1) is 48.8 Å². The molecule has 6 aliphatic heterocycles. The summed E-state index contributed by atoms with van der Waals surface area (Å²) in [5.41, 5.74) is 0.567. The molecule has 11 aliphatic rings. The molecule has 5 aliphatic carbocycles. The van der Waals surface area contributed by atoms with Crippen molar-refractivity contribution in [1.29, 1.82) is 0 Å². The Morgan fingerprint density at radius 3 is 1.42 bits per heavy atom. The first-order valence-electron chi connectivity index (χ1n) is 16.3. The van der Waals surface area contributed by atoms with E-state index in [-0.39, 0.29) is 0 Å². The zero-order chi connectivity index (χ0) is 23.4. The molecule has 5 saturated carbocycles. The van der Waals surface area contributed by atoms with Crippen LogP contribution in [0.1, 0.15) is 109 Å². The highest BCUT2D eigenvalue weighted by atomic mass is 16.6. The van der Waals surface area contributed by atoms with Gasteiger partial charge < -0.3 is 18.9 Å². The lowest BCUT2D eigenvalue weighted by molar-refractivity contribution is -0.189. The second-order valence-corrected chi connectivity index (χ2v) is 15.1. The van der Waals surface area contributed by atoms with E-state index in [1.807, 2.05) is 0 Å². The molecule has 11 fully saturated rings. The van der Waals surface area contributed by atoms with Gasteiger partial charge in [-0.3, -0.25) is 0 Å². The molecule has 0 aromatic carbocycles. The summed E-state index contributed by atoms with van der Waals surface area (Å²) in [7, 11) is 0. The lowest BCUT2D eigenvalue weighted by Crippen LogP contribution is -2.50. The summed E-state index contributed by atoms with van der Waals surface area (Å²) in [6.07, 6.45) is 28.7. The first kappa shape index (κ1) is 22.6. The van der Waals surface area contributed by atoms with Crippen LogP contribution < -0.4 is 0 Å². The number of epoxide rings is 2. The highest BCUT2D eigenvalue weighted by Gasteiger charge is 2.61. The number of hydrogen-bond acceptors (Lipinski definition) is 4. The van der Waals surface area contributed by atoms with E-state index in [9.17, 15) is 0 Å². The molecule has 14 unspecified atom stereocenters. The van der Waals surface area contributed by atoms with Crippen molar-refractivity contribution in [3.63, 3.8) is 0 Å². The normalized spacial score (nSPS) is 58.0. The van der Waals surface area contributed by atoms with Crippen molar-refractivity contribution in [2.24, 2.45) is 40.9 Å². The van der Waals surface area contributed by atoms with Crippen LogP contribution in [0.25, 0.3) is 0 Å². The van der Waals surface area contributed by atoms with E-state index in [0.717, 1.165) is 35.5 Å². The fourth-order valence-electron chi connectivity index (χ4n) is 11.5. The summed E-state index contributed by atoms with van der Waals surface area (Å²) in [6, 6.07) is 0. The molecule has 0 aromatic rings. The molecule has 0 radical (unpaired) electrons. The van der Waals surface area contributed by atoms with Crippen molar-refractivity contribution in [3.05, 3.63) is 0 Å². The SMILES string of the molecule is C1CCC(C2CC(CC3CCC4CC3O4)C3OC3C2)(C2CC(CC3CCC4CC3O4)C3OC3C2)CC1. The molecule has 4 nitrogen and oxygen atoms in total. The van der Waals surface area contributed by atoms with Crippen molar-refractivity contribution >= 4 is 0 Å². The third kappa shape index (κ3) is 3.66. The van der Waals surface area contributed by atoms with E-state index in [4.69, 9.17) is 18.9 Å². The molecular formula is C32H48O4. The summed E-state index contributed by atoms with van der Waals surface area (Å²) >= 11 is 0. The first-order valence-corrected chi connectivity index (χ1v) is 16.3. The van der Waals surface area contributed by atoms with Crippen LogP contribution in [0, 0.1) is 40.9 Å². The van der Waals surface area contributed by atoms with Gasteiger partial charge in [-0.15, -0.1) is 0 Å². The van der Waals surface area contributed by atoms with Gasteiger partial charge in [0.25, 0.3) is 0 Å². The van der Waals surface area contributed by atoms with E-state index in [2.05, 4.69) is 0 Å². The topological polar surface area (TPSA) is 43.5 Å². The largest absolute Gasteiger partial charge is 0.375 e. The number of ether oxygens (including phenoxy) is 4. The van der Waals surface area contributed by atoms with Crippen LogP contribution in [0.2, 0.25) is 0 Å². The molecule has 0 spiro atoms. The van der Waals surface area contributed by atoms with E-state index >= 15 is 0 Å². The summed E-state index contributed by atoms with van der Waals surface area (Å²) in [6.45, 7) is 0. The van der Waals surface area contributed by atoms with Crippen LogP contribution in [0.5, 0.6) is 0 Å². The van der Waals surface area contributed by atoms with Crippen LogP contribution in [-0.4, -0.2) is 48.8 Å². The van der Waals surface area contributed by atoms with Crippen LogP contribution in [-0.2, 0) is 18.9 Å². The first-order chi connectivity index (χ1) is 17.7. The van der Waals surface area contributed by atoms with E-state index in [0.29, 0.717) is 54.2 Å². The Morgan fingerprint density at radius 2 is 0.972 bits per heavy atom. The third-order valence-corrected chi connectivity index (χ3v) is 13.5. The average molecular weight is 497 g/mol. The van der Waals surface area contributed by atoms with Gasteiger partial charge in [0.1, 0.15) is 0 Å². The number of fused-ring (bicyclic) bond motifs is 6. The lowest BCUT2D eigenvalue weighted by Gasteiger charge is -2.53. The Kier molecular flexibility index (Phi) is 5.29. The lowest BCUT2D eigenvalue weighted by atomic mass is 9.51. The Hall–Kier alpha value is -0.160. The Bertz CT molecular complexity index is 774. The predicted octanol–water partition coefficient (Wildman–Crippen LogP) is 6.44. The van der Waals surface area contributed by atoms with Gasteiger partial charge in [-0.05, 0) is 118 Å². The molecule has 11 rings (SSSR count). The second-order valence-electron chi connectivity index (χ2n) is 15.1.